The number of thiophene rings is 1. The second-order valence-electron chi connectivity index (χ2n) is 3.74. The largest absolute Gasteiger partial charge is 0.493 e. The minimum absolute atomic E-state index is 0.428. The number of rotatable bonds is 5. The molecule has 0 aliphatic rings. The highest BCUT2D eigenvalue weighted by molar-refractivity contribution is 7.10. The molecule has 1 heterocycles. The lowest BCUT2D eigenvalue weighted by atomic mass is 10.2. The van der Waals surface area contributed by atoms with Crippen LogP contribution in [0.1, 0.15) is 17.4 Å². The lowest BCUT2D eigenvalue weighted by molar-refractivity contribution is 0.144. The van der Waals surface area contributed by atoms with Gasteiger partial charge in [0.15, 0.2) is 0 Å². The molecule has 0 saturated heterocycles. The van der Waals surface area contributed by atoms with Gasteiger partial charge in [0.25, 0.3) is 0 Å². The normalized spacial score (nSPS) is 12.4. The number of hydrogen-bond acceptors (Lipinski definition) is 3. The lowest BCUT2D eigenvalue weighted by Crippen LogP contribution is -2.04. The fraction of sp³-hybridized carbons (Fsp3) is 0.231. The molecule has 1 N–H and O–H groups in total. The topological polar surface area (TPSA) is 29.5 Å². The van der Waals surface area contributed by atoms with Crippen molar-refractivity contribution in [3.05, 3.63) is 50.6 Å². The molecule has 1 aromatic carbocycles. The van der Waals surface area contributed by atoms with Crippen LogP contribution in [0.15, 0.2) is 35.7 Å². The van der Waals surface area contributed by atoms with Gasteiger partial charge in [-0.15, -0.1) is 11.3 Å². The first-order valence-electron chi connectivity index (χ1n) is 5.46. The first kappa shape index (κ1) is 13.7. The van der Waals surface area contributed by atoms with E-state index >= 15 is 0 Å². The quantitative estimate of drug-likeness (QED) is 0.877. The first-order valence-corrected chi connectivity index (χ1v) is 7.09. The van der Waals surface area contributed by atoms with Gasteiger partial charge in [0.05, 0.1) is 22.8 Å². The van der Waals surface area contributed by atoms with E-state index < -0.39 is 6.10 Å². The third kappa shape index (κ3) is 3.62. The Bertz CT molecular complexity index is 500. The summed E-state index contributed by atoms with van der Waals surface area (Å²) >= 11 is 13.2. The van der Waals surface area contributed by atoms with E-state index in [4.69, 9.17) is 27.9 Å². The fourth-order valence-electron chi connectivity index (χ4n) is 1.48. The van der Waals surface area contributed by atoms with E-state index in [1.807, 2.05) is 17.5 Å². The van der Waals surface area contributed by atoms with E-state index in [-0.39, 0.29) is 0 Å². The Morgan fingerprint density at radius 1 is 1.22 bits per heavy atom. The Balaban J connectivity index is 1.83. The van der Waals surface area contributed by atoms with Crippen LogP contribution in [0, 0.1) is 0 Å². The predicted octanol–water partition coefficient (Wildman–Crippen LogP) is 4.56. The highest BCUT2D eigenvalue weighted by atomic mass is 35.5. The molecule has 96 valence electrons. The zero-order chi connectivity index (χ0) is 13.0. The third-order valence-electron chi connectivity index (χ3n) is 2.42. The standard InChI is InChI=1S/C13H12Cl2O2S/c14-10-4-3-9(8-11(10)15)17-6-5-12(16)13-2-1-7-18-13/h1-4,7-8,12,16H,5-6H2. The number of benzene rings is 1. The molecule has 0 bridgehead atoms. The molecule has 2 aromatic rings. The fourth-order valence-corrected chi connectivity index (χ4v) is 2.51. The highest BCUT2D eigenvalue weighted by Crippen LogP contribution is 2.27. The van der Waals surface area contributed by atoms with Gasteiger partial charge in [-0.05, 0) is 23.6 Å². The van der Waals surface area contributed by atoms with E-state index in [1.54, 1.807) is 18.2 Å². The van der Waals surface area contributed by atoms with Gasteiger partial charge in [-0.1, -0.05) is 29.3 Å². The average Bonchev–Trinajstić information content (AvgIpc) is 2.87. The maximum absolute atomic E-state index is 9.87. The maximum Gasteiger partial charge on any atom is 0.120 e. The predicted molar refractivity (Wildman–Crippen MR) is 75.9 cm³/mol. The molecule has 1 aromatic heterocycles. The summed E-state index contributed by atoms with van der Waals surface area (Å²) in [6, 6.07) is 8.94. The molecule has 0 aliphatic heterocycles. The molecule has 0 saturated carbocycles. The Hall–Kier alpha value is -0.740. The number of aliphatic hydroxyl groups is 1. The second kappa shape index (κ2) is 6.43. The number of hydrogen-bond donors (Lipinski definition) is 1. The molecule has 18 heavy (non-hydrogen) atoms. The van der Waals surface area contributed by atoms with Crippen LogP contribution in [0.5, 0.6) is 5.75 Å². The molecule has 0 radical (unpaired) electrons. The van der Waals surface area contributed by atoms with Crippen LogP contribution in [0.2, 0.25) is 10.0 Å². The van der Waals surface area contributed by atoms with E-state index in [0.29, 0.717) is 28.8 Å². The highest BCUT2D eigenvalue weighted by Gasteiger charge is 2.08. The smallest absolute Gasteiger partial charge is 0.120 e. The molecule has 5 heteroatoms. The van der Waals surface area contributed by atoms with Crippen molar-refractivity contribution in [3.8, 4) is 5.75 Å². The van der Waals surface area contributed by atoms with Crippen molar-refractivity contribution >= 4 is 34.5 Å². The van der Waals surface area contributed by atoms with Crippen LogP contribution in [0.3, 0.4) is 0 Å². The molecular weight excluding hydrogens is 291 g/mol. The van der Waals surface area contributed by atoms with Crippen LogP contribution in [-0.4, -0.2) is 11.7 Å². The summed E-state index contributed by atoms with van der Waals surface area (Å²) in [6.07, 6.45) is 0.0635. The van der Waals surface area contributed by atoms with E-state index in [0.717, 1.165) is 4.88 Å². The minimum Gasteiger partial charge on any atom is -0.493 e. The molecular formula is C13H12Cl2O2S. The zero-order valence-corrected chi connectivity index (χ0v) is 11.8. The van der Waals surface area contributed by atoms with Crippen molar-refractivity contribution in [1.29, 1.82) is 0 Å². The van der Waals surface area contributed by atoms with Gasteiger partial charge < -0.3 is 9.84 Å². The van der Waals surface area contributed by atoms with Crippen LogP contribution in [-0.2, 0) is 0 Å². The molecule has 0 amide bonds. The van der Waals surface area contributed by atoms with Crippen LogP contribution < -0.4 is 4.74 Å². The van der Waals surface area contributed by atoms with Crippen molar-refractivity contribution in [2.75, 3.05) is 6.61 Å². The maximum atomic E-state index is 9.87. The zero-order valence-electron chi connectivity index (χ0n) is 9.48. The average molecular weight is 303 g/mol. The SMILES string of the molecule is OC(CCOc1ccc(Cl)c(Cl)c1)c1cccs1. The lowest BCUT2D eigenvalue weighted by Gasteiger charge is -2.10. The summed E-state index contributed by atoms with van der Waals surface area (Å²) in [7, 11) is 0. The monoisotopic (exact) mass is 302 g/mol. The Morgan fingerprint density at radius 3 is 2.72 bits per heavy atom. The summed E-state index contributed by atoms with van der Waals surface area (Å²) in [5, 5.41) is 12.8. The first-order chi connectivity index (χ1) is 8.66. The van der Waals surface area contributed by atoms with E-state index in [2.05, 4.69) is 0 Å². The Kier molecular flexibility index (Phi) is 4.89. The minimum atomic E-state index is -0.479. The molecule has 2 nitrogen and oxygen atoms in total. The van der Waals surface area contributed by atoms with E-state index in [1.165, 1.54) is 11.3 Å². The summed E-state index contributed by atoms with van der Waals surface area (Å²) in [6.45, 7) is 0.428. The molecule has 0 aliphatic carbocycles. The van der Waals surface area contributed by atoms with Crippen LogP contribution >= 0.6 is 34.5 Å². The van der Waals surface area contributed by atoms with Gasteiger partial charge in [0.1, 0.15) is 5.75 Å². The second-order valence-corrected chi connectivity index (χ2v) is 5.54. The molecule has 0 spiro atoms. The van der Waals surface area contributed by atoms with Gasteiger partial charge in [-0.25, -0.2) is 0 Å². The number of ether oxygens (including phenoxy) is 1. The van der Waals surface area contributed by atoms with Crippen molar-refractivity contribution in [3.63, 3.8) is 0 Å². The molecule has 0 fully saturated rings. The van der Waals surface area contributed by atoms with Crippen molar-refractivity contribution in [2.45, 2.75) is 12.5 Å². The molecule has 1 unspecified atom stereocenters. The molecule has 1 atom stereocenters. The third-order valence-corrected chi connectivity index (χ3v) is 4.14. The van der Waals surface area contributed by atoms with E-state index in [9.17, 15) is 5.11 Å². The van der Waals surface area contributed by atoms with Gasteiger partial charge in [0.2, 0.25) is 0 Å². The number of halogens is 2. The van der Waals surface area contributed by atoms with Gasteiger partial charge in [-0.2, -0.15) is 0 Å². The van der Waals surface area contributed by atoms with Crippen molar-refractivity contribution < 1.29 is 9.84 Å². The van der Waals surface area contributed by atoms with Crippen molar-refractivity contribution in [2.24, 2.45) is 0 Å². The van der Waals surface area contributed by atoms with Gasteiger partial charge >= 0.3 is 0 Å². The molecule has 2 rings (SSSR count). The summed E-state index contributed by atoms with van der Waals surface area (Å²) in [5.74, 6) is 0.655. The Morgan fingerprint density at radius 2 is 2.06 bits per heavy atom. The van der Waals surface area contributed by atoms with Crippen LogP contribution in [0.25, 0.3) is 0 Å². The summed E-state index contributed by atoms with van der Waals surface area (Å²) in [5.41, 5.74) is 0. The van der Waals surface area contributed by atoms with Crippen LogP contribution in [0.4, 0.5) is 0 Å². The Labute approximate surface area is 120 Å². The summed E-state index contributed by atoms with van der Waals surface area (Å²) < 4.78 is 5.51. The van der Waals surface area contributed by atoms with Gasteiger partial charge in [-0.3, -0.25) is 0 Å². The van der Waals surface area contributed by atoms with Crippen molar-refractivity contribution in [1.82, 2.24) is 0 Å². The van der Waals surface area contributed by atoms with Gasteiger partial charge in [0, 0.05) is 17.4 Å². The summed E-state index contributed by atoms with van der Waals surface area (Å²) in [4.78, 5) is 0.952. The number of aliphatic hydroxyl groups excluding tert-OH is 1.